The number of nitrogens with one attached hydrogen (secondary N) is 1. The lowest BCUT2D eigenvalue weighted by molar-refractivity contribution is -0.130. The molecule has 0 saturated carbocycles. The number of likely N-dealkylation sites (N-methyl/N-ethyl adjacent to an activating group) is 1. The average Bonchev–Trinajstić information content (AvgIpc) is 2.93. The van der Waals surface area contributed by atoms with E-state index in [9.17, 15) is 18.0 Å². The van der Waals surface area contributed by atoms with Crippen LogP contribution in [0, 0.1) is 0 Å². The van der Waals surface area contributed by atoms with E-state index in [-0.39, 0.29) is 22.9 Å². The number of pyridine rings is 1. The topological polar surface area (TPSA) is 90.6 Å². The van der Waals surface area contributed by atoms with Crippen molar-refractivity contribution >= 4 is 15.9 Å². The number of hydrogen-bond donors (Lipinski definition) is 1. The highest BCUT2D eigenvalue weighted by Crippen LogP contribution is 2.13. The van der Waals surface area contributed by atoms with Gasteiger partial charge in [0.25, 0.3) is 0 Å². The molecule has 1 fully saturated rings. The lowest BCUT2D eigenvalue weighted by atomic mass is 10.4. The van der Waals surface area contributed by atoms with Crippen LogP contribution in [0.25, 0.3) is 0 Å². The van der Waals surface area contributed by atoms with Crippen molar-refractivity contribution in [3.05, 3.63) is 28.7 Å². The smallest absolute Gasteiger partial charge is 0.247 e. The van der Waals surface area contributed by atoms with Crippen LogP contribution in [0.4, 0.5) is 0 Å². The Morgan fingerprint density at radius 1 is 1.35 bits per heavy atom. The molecule has 20 heavy (non-hydrogen) atoms. The van der Waals surface area contributed by atoms with Crippen LogP contribution in [-0.2, 0) is 14.8 Å². The molecular weight excluding hydrogens is 282 g/mol. The van der Waals surface area contributed by atoms with Crippen molar-refractivity contribution in [1.82, 2.24) is 14.2 Å². The van der Waals surface area contributed by atoms with E-state index in [0.29, 0.717) is 13.1 Å². The van der Waals surface area contributed by atoms with Gasteiger partial charge in [-0.3, -0.25) is 9.59 Å². The summed E-state index contributed by atoms with van der Waals surface area (Å²) in [6.07, 6.45) is 3.05. The molecule has 1 aromatic rings. The minimum Gasteiger partial charge on any atom is -0.342 e. The Kier molecular flexibility index (Phi) is 4.24. The number of H-pyrrole nitrogens is 1. The highest BCUT2D eigenvalue weighted by Gasteiger charge is 2.26. The second-order valence-electron chi connectivity index (χ2n) is 4.74. The molecule has 2 heterocycles. The molecule has 7 nitrogen and oxygen atoms in total. The van der Waals surface area contributed by atoms with Crippen molar-refractivity contribution in [2.45, 2.75) is 17.7 Å². The number of aromatic nitrogens is 1. The molecule has 1 aliphatic heterocycles. The SMILES string of the molecule is CN(CC(=O)N1CCCC1)S(=O)(=O)c1ccc(=O)[nH]c1. The molecule has 1 saturated heterocycles. The second kappa shape index (κ2) is 5.76. The Bertz CT molecular complexity index is 626. The van der Waals surface area contributed by atoms with E-state index in [1.165, 1.54) is 13.1 Å². The highest BCUT2D eigenvalue weighted by molar-refractivity contribution is 7.89. The average molecular weight is 299 g/mol. The summed E-state index contributed by atoms with van der Waals surface area (Å²) in [6.45, 7) is 1.18. The van der Waals surface area contributed by atoms with Crippen LogP contribution in [0.15, 0.2) is 28.0 Å². The van der Waals surface area contributed by atoms with E-state index in [1.807, 2.05) is 0 Å². The van der Waals surface area contributed by atoms with E-state index in [4.69, 9.17) is 0 Å². The van der Waals surface area contributed by atoms with E-state index >= 15 is 0 Å². The van der Waals surface area contributed by atoms with Gasteiger partial charge in [-0.15, -0.1) is 0 Å². The molecule has 0 atom stereocenters. The Balaban J connectivity index is 2.10. The summed E-state index contributed by atoms with van der Waals surface area (Å²) in [7, 11) is -2.41. The third kappa shape index (κ3) is 3.07. The van der Waals surface area contributed by atoms with Gasteiger partial charge in [-0.1, -0.05) is 0 Å². The molecule has 8 heteroatoms. The summed E-state index contributed by atoms with van der Waals surface area (Å²) in [5, 5.41) is 0. The minimum atomic E-state index is -3.76. The molecule has 2 rings (SSSR count). The van der Waals surface area contributed by atoms with Crippen molar-refractivity contribution in [2.24, 2.45) is 0 Å². The number of sulfonamides is 1. The zero-order valence-corrected chi connectivity index (χ0v) is 12.0. The van der Waals surface area contributed by atoms with Gasteiger partial charge >= 0.3 is 0 Å². The fourth-order valence-electron chi connectivity index (χ4n) is 2.08. The van der Waals surface area contributed by atoms with Crippen LogP contribution in [-0.4, -0.2) is 55.2 Å². The fraction of sp³-hybridized carbons (Fsp3) is 0.500. The Labute approximate surface area is 117 Å². The van der Waals surface area contributed by atoms with Gasteiger partial charge in [-0.25, -0.2) is 8.42 Å². The van der Waals surface area contributed by atoms with Crippen molar-refractivity contribution in [1.29, 1.82) is 0 Å². The van der Waals surface area contributed by atoms with Crippen molar-refractivity contribution in [2.75, 3.05) is 26.7 Å². The number of aromatic amines is 1. The van der Waals surface area contributed by atoms with Crippen LogP contribution in [0.5, 0.6) is 0 Å². The van der Waals surface area contributed by atoms with Gasteiger partial charge in [-0.05, 0) is 18.9 Å². The number of amides is 1. The summed E-state index contributed by atoms with van der Waals surface area (Å²) in [6, 6.07) is 2.37. The number of carbonyl (C=O) groups excluding carboxylic acids is 1. The largest absolute Gasteiger partial charge is 0.342 e. The molecule has 0 aliphatic carbocycles. The minimum absolute atomic E-state index is 0.0335. The molecule has 1 aromatic heterocycles. The first-order valence-corrected chi connectivity index (χ1v) is 7.78. The third-order valence-corrected chi connectivity index (χ3v) is 5.08. The molecule has 110 valence electrons. The zero-order valence-electron chi connectivity index (χ0n) is 11.2. The summed E-state index contributed by atoms with van der Waals surface area (Å²) in [5.41, 5.74) is -0.375. The van der Waals surface area contributed by atoms with Crippen molar-refractivity contribution in [3.8, 4) is 0 Å². The summed E-state index contributed by atoms with van der Waals surface area (Å²) < 4.78 is 25.5. The first kappa shape index (κ1) is 14.7. The first-order chi connectivity index (χ1) is 9.41. The molecule has 1 N–H and O–H groups in total. The number of nitrogens with zero attached hydrogens (tertiary/aromatic N) is 2. The summed E-state index contributed by atoms with van der Waals surface area (Å²) in [4.78, 5) is 26.8. The number of carbonyl (C=O) groups is 1. The monoisotopic (exact) mass is 299 g/mol. The number of rotatable bonds is 4. The van der Waals surface area contributed by atoms with E-state index in [1.54, 1.807) is 4.90 Å². The van der Waals surface area contributed by atoms with Gasteiger partial charge in [0.15, 0.2) is 0 Å². The molecule has 1 aliphatic rings. The standard InChI is InChI=1S/C12H17N3O4S/c1-14(9-12(17)15-6-2-3-7-15)20(18,19)10-4-5-11(16)13-8-10/h4-5,8H,2-3,6-7,9H2,1H3,(H,13,16). The Hall–Kier alpha value is -1.67. The molecule has 0 spiro atoms. The van der Waals surface area contributed by atoms with Crippen molar-refractivity contribution < 1.29 is 13.2 Å². The molecule has 0 bridgehead atoms. The molecule has 0 aromatic carbocycles. The van der Waals surface area contributed by atoms with Gasteiger partial charge in [0, 0.05) is 32.4 Å². The third-order valence-electron chi connectivity index (χ3n) is 3.28. The maximum atomic E-state index is 12.2. The molecule has 1 amide bonds. The lowest BCUT2D eigenvalue weighted by Gasteiger charge is -2.21. The van der Waals surface area contributed by atoms with E-state index < -0.39 is 10.0 Å². The first-order valence-electron chi connectivity index (χ1n) is 6.34. The maximum Gasteiger partial charge on any atom is 0.247 e. The zero-order chi connectivity index (χ0) is 14.8. The quantitative estimate of drug-likeness (QED) is 0.820. The maximum absolute atomic E-state index is 12.2. The summed E-state index contributed by atoms with van der Waals surface area (Å²) in [5.74, 6) is -0.196. The van der Waals surface area contributed by atoms with Gasteiger partial charge in [0.1, 0.15) is 0 Å². The predicted molar refractivity (Wildman–Crippen MR) is 72.7 cm³/mol. The molecular formula is C12H17N3O4S. The number of hydrogen-bond acceptors (Lipinski definition) is 4. The second-order valence-corrected chi connectivity index (χ2v) is 6.78. The fourth-order valence-corrected chi connectivity index (χ4v) is 3.17. The van der Waals surface area contributed by atoms with Gasteiger partial charge in [-0.2, -0.15) is 4.31 Å². The molecule has 0 radical (unpaired) electrons. The lowest BCUT2D eigenvalue weighted by Crippen LogP contribution is -2.39. The van der Waals surface area contributed by atoms with Gasteiger partial charge in [0.05, 0.1) is 11.4 Å². The number of likely N-dealkylation sites (tertiary alicyclic amines) is 1. The Morgan fingerprint density at radius 2 is 2.00 bits per heavy atom. The van der Waals surface area contributed by atoms with Crippen LogP contribution < -0.4 is 5.56 Å². The van der Waals surface area contributed by atoms with Crippen LogP contribution in [0.2, 0.25) is 0 Å². The summed E-state index contributed by atoms with van der Waals surface area (Å²) >= 11 is 0. The van der Waals surface area contributed by atoms with Crippen molar-refractivity contribution in [3.63, 3.8) is 0 Å². The van der Waals surface area contributed by atoms with E-state index in [2.05, 4.69) is 4.98 Å². The van der Waals surface area contributed by atoms with Crippen LogP contribution in [0.3, 0.4) is 0 Å². The van der Waals surface area contributed by atoms with Gasteiger partial charge in [0.2, 0.25) is 21.5 Å². The highest BCUT2D eigenvalue weighted by atomic mass is 32.2. The van der Waals surface area contributed by atoms with Gasteiger partial charge < -0.3 is 9.88 Å². The van der Waals surface area contributed by atoms with Crippen LogP contribution >= 0.6 is 0 Å². The normalized spacial score (nSPS) is 15.8. The predicted octanol–water partition coefficient (Wildman–Crippen LogP) is -0.382. The van der Waals surface area contributed by atoms with E-state index in [0.717, 1.165) is 29.4 Å². The van der Waals surface area contributed by atoms with Crippen LogP contribution in [0.1, 0.15) is 12.8 Å². The molecule has 0 unspecified atom stereocenters. The Morgan fingerprint density at radius 3 is 2.55 bits per heavy atom.